The second-order valence-electron chi connectivity index (χ2n) is 7.08. The molecule has 2 amide bonds. The van der Waals surface area contributed by atoms with Crippen molar-refractivity contribution in [1.29, 1.82) is 0 Å². The van der Waals surface area contributed by atoms with Crippen molar-refractivity contribution in [2.75, 3.05) is 17.7 Å². The van der Waals surface area contributed by atoms with Crippen molar-refractivity contribution in [1.82, 2.24) is 9.29 Å². The Morgan fingerprint density at radius 2 is 1.83 bits per heavy atom. The van der Waals surface area contributed by atoms with Crippen LogP contribution < -0.4 is 20.9 Å². The second-order valence-corrected chi connectivity index (χ2v) is 10.7. The SMILES string of the molecule is CNc1ccc2c(=O)n(-c3ccc(NC(=O)NS(=O)(=O)c4ccc(Cl)s4)cc3F)cc(N=O)c2c1. The van der Waals surface area contributed by atoms with Gasteiger partial charge in [0.15, 0.2) is 0 Å². The molecule has 4 rings (SSSR count). The number of nitrogens with one attached hydrogen (secondary N) is 3. The summed E-state index contributed by atoms with van der Waals surface area (Å²) in [5, 5.41) is 8.52. The topological polar surface area (TPSA) is 139 Å². The highest BCUT2D eigenvalue weighted by atomic mass is 35.5. The van der Waals surface area contributed by atoms with Gasteiger partial charge in [0.25, 0.3) is 15.6 Å². The highest BCUT2D eigenvalue weighted by Crippen LogP contribution is 2.28. The normalized spacial score (nSPS) is 11.3. The van der Waals surface area contributed by atoms with Crippen LogP contribution in [0.3, 0.4) is 0 Å². The first-order valence-electron chi connectivity index (χ1n) is 9.72. The third kappa shape index (κ3) is 4.87. The number of benzene rings is 2. The van der Waals surface area contributed by atoms with E-state index >= 15 is 0 Å². The first-order chi connectivity index (χ1) is 16.6. The molecule has 180 valence electrons. The average Bonchev–Trinajstić information content (AvgIpc) is 3.26. The molecule has 0 spiro atoms. The van der Waals surface area contributed by atoms with E-state index in [0.29, 0.717) is 11.1 Å². The lowest BCUT2D eigenvalue weighted by Crippen LogP contribution is -2.34. The number of sulfonamides is 1. The summed E-state index contributed by atoms with van der Waals surface area (Å²) in [6.07, 6.45) is 1.12. The monoisotopic (exact) mass is 535 g/mol. The Hall–Kier alpha value is -3.81. The van der Waals surface area contributed by atoms with Crippen molar-refractivity contribution in [2.45, 2.75) is 4.21 Å². The summed E-state index contributed by atoms with van der Waals surface area (Å²) in [7, 11) is -2.50. The maximum Gasteiger partial charge on any atom is 0.333 e. The van der Waals surface area contributed by atoms with Gasteiger partial charge in [-0.15, -0.1) is 16.2 Å². The van der Waals surface area contributed by atoms with E-state index in [1.165, 1.54) is 30.3 Å². The van der Waals surface area contributed by atoms with Crippen molar-refractivity contribution in [2.24, 2.45) is 5.18 Å². The van der Waals surface area contributed by atoms with Gasteiger partial charge in [-0.1, -0.05) is 11.6 Å². The molecule has 10 nitrogen and oxygen atoms in total. The number of amides is 2. The fraction of sp³-hybridized carbons (Fsp3) is 0.0476. The zero-order valence-electron chi connectivity index (χ0n) is 17.7. The number of thiophene rings is 1. The predicted molar refractivity (Wildman–Crippen MR) is 133 cm³/mol. The van der Waals surface area contributed by atoms with Crippen molar-refractivity contribution < 1.29 is 17.6 Å². The third-order valence-electron chi connectivity index (χ3n) is 4.89. The van der Waals surface area contributed by atoms with Gasteiger partial charge in [-0.25, -0.2) is 22.3 Å². The van der Waals surface area contributed by atoms with Crippen LogP contribution in [0.15, 0.2) is 68.9 Å². The first-order valence-corrected chi connectivity index (χ1v) is 12.4. The van der Waals surface area contributed by atoms with Crippen LogP contribution in [0.5, 0.6) is 0 Å². The number of carbonyl (C=O) groups excluding carboxylic acids is 1. The highest BCUT2D eigenvalue weighted by Gasteiger charge is 2.20. The van der Waals surface area contributed by atoms with Crippen LogP contribution in [0.2, 0.25) is 4.34 Å². The Labute approximate surface area is 206 Å². The van der Waals surface area contributed by atoms with Gasteiger partial charge in [-0.3, -0.25) is 9.36 Å². The molecule has 0 saturated heterocycles. The van der Waals surface area contributed by atoms with Gasteiger partial charge in [-0.2, -0.15) is 0 Å². The van der Waals surface area contributed by atoms with E-state index in [-0.39, 0.29) is 31.0 Å². The highest BCUT2D eigenvalue weighted by molar-refractivity contribution is 7.92. The van der Waals surface area contributed by atoms with Gasteiger partial charge >= 0.3 is 6.03 Å². The Balaban J connectivity index is 1.63. The van der Waals surface area contributed by atoms with E-state index < -0.39 is 27.4 Å². The number of aromatic nitrogens is 1. The summed E-state index contributed by atoms with van der Waals surface area (Å²) >= 11 is 6.49. The lowest BCUT2D eigenvalue weighted by atomic mass is 10.1. The molecule has 4 aromatic rings. The maximum atomic E-state index is 14.9. The van der Waals surface area contributed by atoms with Crippen molar-refractivity contribution in [3.63, 3.8) is 0 Å². The van der Waals surface area contributed by atoms with E-state index in [2.05, 4.69) is 15.8 Å². The van der Waals surface area contributed by atoms with E-state index in [9.17, 15) is 27.3 Å². The summed E-state index contributed by atoms with van der Waals surface area (Å²) < 4.78 is 42.2. The molecule has 0 unspecified atom stereocenters. The van der Waals surface area contributed by atoms with Gasteiger partial charge in [0, 0.05) is 35.4 Å². The molecule has 0 aliphatic carbocycles. The summed E-state index contributed by atoms with van der Waals surface area (Å²) in [6.45, 7) is 0. The summed E-state index contributed by atoms with van der Waals surface area (Å²) in [4.78, 5) is 36.5. The van der Waals surface area contributed by atoms with Crippen molar-refractivity contribution in [3.8, 4) is 5.69 Å². The minimum absolute atomic E-state index is 0.0726. The first kappa shape index (κ1) is 24.3. The zero-order chi connectivity index (χ0) is 25.3. The number of halogens is 2. The number of anilines is 2. The minimum atomic E-state index is -4.17. The van der Waals surface area contributed by atoms with Gasteiger partial charge < -0.3 is 10.6 Å². The van der Waals surface area contributed by atoms with E-state index in [1.807, 2.05) is 0 Å². The Kier molecular flexibility index (Phi) is 6.56. The molecule has 2 aromatic carbocycles. The Bertz CT molecular complexity index is 1650. The molecule has 0 bridgehead atoms. The van der Waals surface area contributed by atoms with Gasteiger partial charge in [0.1, 0.15) is 15.7 Å². The van der Waals surface area contributed by atoms with Crippen LogP contribution >= 0.6 is 22.9 Å². The third-order valence-corrected chi connectivity index (χ3v) is 7.94. The number of hydrogen-bond acceptors (Lipinski definition) is 8. The van der Waals surface area contributed by atoms with Gasteiger partial charge in [-0.05, 0) is 53.7 Å². The number of urea groups is 1. The largest absolute Gasteiger partial charge is 0.388 e. The Morgan fingerprint density at radius 1 is 1.09 bits per heavy atom. The summed E-state index contributed by atoms with van der Waals surface area (Å²) in [6, 6.07) is 9.54. The fourth-order valence-corrected chi connectivity index (χ4v) is 5.67. The molecule has 3 N–H and O–H groups in total. The standard InChI is InChI=1S/C21H15ClFN5O5S2/c1-24-11-2-4-13-14(8-11)16(26-31)10-28(20(13)29)17-5-3-12(9-15(17)23)25-21(30)27-35(32,33)19-7-6-18(22)34-19/h2-10,24H,1H3,(H2,25,27,30). The van der Waals surface area contributed by atoms with Crippen molar-refractivity contribution >= 4 is 66.8 Å². The molecule has 14 heteroatoms. The summed E-state index contributed by atoms with van der Waals surface area (Å²) in [5.41, 5.74) is -0.288. The lowest BCUT2D eigenvalue weighted by Gasteiger charge is -2.12. The van der Waals surface area contributed by atoms with E-state index in [0.717, 1.165) is 28.2 Å². The number of carbonyl (C=O) groups is 1. The molecular formula is C21H15ClFN5O5S2. The Morgan fingerprint density at radius 3 is 2.46 bits per heavy atom. The molecule has 0 saturated carbocycles. The van der Waals surface area contributed by atoms with Crippen LogP contribution in [0, 0.1) is 10.7 Å². The molecular weight excluding hydrogens is 521 g/mol. The van der Waals surface area contributed by atoms with Crippen molar-refractivity contribution in [3.05, 3.63) is 80.1 Å². The zero-order valence-corrected chi connectivity index (χ0v) is 20.1. The second kappa shape index (κ2) is 9.44. The van der Waals surface area contributed by atoms with Crippen LogP contribution in [-0.4, -0.2) is 26.1 Å². The smallest absolute Gasteiger partial charge is 0.333 e. The molecule has 0 aliphatic rings. The predicted octanol–water partition coefficient (Wildman–Crippen LogP) is 4.79. The minimum Gasteiger partial charge on any atom is -0.388 e. The number of rotatable bonds is 6. The molecule has 0 aliphatic heterocycles. The molecule has 35 heavy (non-hydrogen) atoms. The number of nitroso groups, excluding NO2 is 1. The van der Waals surface area contributed by atoms with Crippen LogP contribution in [0.25, 0.3) is 16.5 Å². The fourth-order valence-electron chi connectivity index (χ4n) is 3.28. The maximum absolute atomic E-state index is 14.9. The number of pyridine rings is 1. The van der Waals surface area contributed by atoms with Crippen LogP contribution in [-0.2, 0) is 10.0 Å². The summed E-state index contributed by atoms with van der Waals surface area (Å²) in [5.74, 6) is -0.916. The lowest BCUT2D eigenvalue weighted by molar-refractivity contribution is 0.256. The van der Waals surface area contributed by atoms with E-state index in [4.69, 9.17) is 11.6 Å². The average molecular weight is 536 g/mol. The quantitative estimate of drug-likeness (QED) is 0.303. The molecule has 2 heterocycles. The molecule has 0 radical (unpaired) electrons. The number of nitrogens with zero attached hydrogens (tertiary/aromatic N) is 2. The molecule has 2 aromatic heterocycles. The number of hydrogen-bond donors (Lipinski definition) is 3. The molecule has 0 atom stereocenters. The van der Waals surface area contributed by atoms with Gasteiger partial charge in [0.2, 0.25) is 0 Å². The van der Waals surface area contributed by atoms with E-state index in [1.54, 1.807) is 23.9 Å². The number of fused-ring (bicyclic) bond motifs is 1. The van der Waals surface area contributed by atoms with Crippen LogP contribution in [0.1, 0.15) is 0 Å². The van der Waals surface area contributed by atoms with Gasteiger partial charge in [0.05, 0.1) is 10.0 Å². The van der Waals surface area contributed by atoms with Crippen LogP contribution in [0.4, 0.5) is 26.2 Å². The molecule has 0 fully saturated rings.